The third-order valence-corrected chi connectivity index (χ3v) is 5.89. The average Bonchev–Trinajstić information content (AvgIpc) is 3.21. The van der Waals surface area contributed by atoms with Gasteiger partial charge in [-0.3, -0.25) is 4.79 Å². The number of carbonyl (C=O) groups is 2. The molecule has 0 saturated heterocycles. The molecule has 27 heavy (non-hydrogen) atoms. The van der Waals surface area contributed by atoms with Crippen LogP contribution in [0.25, 0.3) is 0 Å². The first-order valence-corrected chi connectivity index (χ1v) is 9.94. The van der Waals surface area contributed by atoms with Gasteiger partial charge < -0.3 is 14.2 Å². The molecule has 4 rings (SSSR count). The van der Waals surface area contributed by atoms with E-state index in [1.54, 1.807) is 30.3 Å². The van der Waals surface area contributed by atoms with Crippen molar-refractivity contribution in [3.63, 3.8) is 0 Å². The van der Waals surface area contributed by atoms with Gasteiger partial charge in [0.2, 0.25) is 11.5 Å². The van der Waals surface area contributed by atoms with Crippen molar-refractivity contribution >= 4 is 34.7 Å². The fraction of sp³-hybridized carbons (Fsp3) is 0.300. The Bertz CT molecular complexity index is 876. The van der Waals surface area contributed by atoms with E-state index in [0.29, 0.717) is 34.9 Å². The highest BCUT2D eigenvalue weighted by Gasteiger charge is 2.42. The zero-order valence-corrected chi connectivity index (χ0v) is 15.9. The van der Waals surface area contributed by atoms with Gasteiger partial charge in [-0.25, -0.2) is 4.79 Å². The van der Waals surface area contributed by atoms with Gasteiger partial charge in [-0.05, 0) is 36.4 Å². The summed E-state index contributed by atoms with van der Waals surface area (Å²) >= 11 is 7.43. The lowest BCUT2D eigenvalue weighted by Gasteiger charge is -2.36. The molecule has 3 atom stereocenters. The summed E-state index contributed by atoms with van der Waals surface area (Å²) in [4.78, 5) is 25.5. The van der Waals surface area contributed by atoms with E-state index in [9.17, 15) is 9.59 Å². The number of benzene rings is 1. The Labute approximate surface area is 165 Å². The van der Waals surface area contributed by atoms with E-state index in [0.717, 1.165) is 0 Å². The van der Waals surface area contributed by atoms with Crippen molar-refractivity contribution < 1.29 is 23.8 Å². The number of rotatable bonds is 4. The highest BCUT2D eigenvalue weighted by molar-refractivity contribution is 7.11. The van der Waals surface area contributed by atoms with Crippen LogP contribution < -0.4 is 4.74 Å². The maximum Gasteiger partial charge on any atom is 0.348 e. The van der Waals surface area contributed by atoms with Gasteiger partial charge in [0.25, 0.3) is 0 Å². The molecule has 3 unspecified atom stereocenters. The number of esters is 1. The Balaban J connectivity index is 1.40. The van der Waals surface area contributed by atoms with Gasteiger partial charge in [0.05, 0.1) is 10.9 Å². The molecule has 1 aliphatic carbocycles. The number of carbonyl (C=O) groups excluding carboxylic acids is 2. The monoisotopic (exact) mass is 404 g/mol. The molecule has 2 aromatic rings. The van der Waals surface area contributed by atoms with Gasteiger partial charge in [-0.1, -0.05) is 29.8 Å². The first-order valence-electron chi connectivity index (χ1n) is 8.68. The second kappa shape index (κ2) is 7.74. The minimum atomic E-state index is -0.325. The minimum absolute atomic E-state index is 0.103. The largest absolute Gasteiger partial charge is 0.493 e. The van der Waals surface area contributed by atoms with Crippen LogP contribution in [0.1, 0.15) is 28.9 Å². The zero-order valence-electron chi connectivity index (χ0n) is 14.3. The van der Waals surface area contributed by atoms with Crippen LogP contribution in [0.3, 0.4) is 0 Å². The first kappa shape index (κ1) is 18.1. The summed E-state index contributed by atoms with van der Waals surface area (Å²) in [6.45, 7) is 0. The molecule has 1 fully saturated rings. The SMILES string of the molecule is O=C(OC1CCC2C(=O)C(Oc3ccccc3Cl)=COC2C1)c1cccs1. The molecule has 140 valence electrons. The summed E-state index contributed by atoms with van der Waals surface area (Å²) in [5.74, 6) is -0.162. The van der Waals surface area contributed by atoms with Crippen molar-refractivity contribution in [1.82, 2.24) is 0 Å². The molecule has 0 bridgehead atoms. The van der Waals surface area contributed by atoms with E-state index in [1.165, 1.54) is 17.6 Å². The molecule has 1 aliphatic heterocycles. The van der Waals surface area contributed by atoms with Crippen molar-refractivity contribution in [3.05, 3.63) is 63.7 Å². The molecule has 0 amide bonds. The van der Waals surface area contributed by atoms with Crippen LogP contribution in [0.5, 0.6) is 5.75 Å². The maximum atomic E-state index is 12.8. The molecule has 1 aromatic carbocycles. The standard InChI is InChI=1S/C20H17ClO5S/c21-14-4-1-2-5-15(14)26-17-11-24-16-10-12(7-8-13(16)19(17)22)25-20(23)18-6-3-9-27-18/h1-6,9,11-13,16H,7-8,10H2. The smallest absolute Gasteiger partial charge is 0.348 e. The van der Waals surface area contributed by atoms with E-state index in [4.69, 9.17) is 25.8 Å². The predicted molar refractivity (Wildman–Crippen MR) is 101 cm³/mol. The molecular formula is C20H17ClO5S. The van der Waals surface area contributed by atoms with E-state index in [1.807, 2.05) is 11.4 Å². The van der Waals surface area contributed by atoms with Gasteiger partial charge in [0.15, 0.2) is 0 Å². The van der Waals surface area contributed by atoms with Crippen LogP contribution in [-0.2, 0) is 14.3 Å². The third-order valence-electron chi connectivity index (χ3n) is 4.73. The molecule has 0 radical (unpaired) electrons. The number of fused-ring (bicyclic) bond motifs is 1. The zero-order chi connectivity index (χ0) is 18.8. The number of allylic oxidation sites excluding steroid dienone is 1. The lowest BCUT2D eigenvalue weighted by Crippen LogP contribution is -2.43. The average molecular weight is 405 g/mol. The van der Waals surface area contributed by atoms with Crippen molar-refractivity contribution in [3.8, 4) is 5.75 Å². The van der Waals surface area contributed by atoms with Gasteiger partial charge in [0, 0.05) is 6.42 Å². The summed E-state index contributed by atoms with van der Waals surface area (Å²) < 4.78 is 17.0. The Morgan fingerprint density at radius 1 is 1.19 bits per heavy atom. The lowest BCUT2D eigenvalue weighted by atomic mass is 9.80. The molecular weight excluding hydrogens is 388 g/mol. The van der Waals surface area contributed by atoms with Crippen molar-refractivity contribution in [1.29, 1.82) is 0 Å². The topological polar surface area (TPSA) is 61.8 Å². The van der Waals surface area contributed by atoms with Crippen molar-refractivity contribution in [2.75, 3.05) is 0 Å². The summed E-state index contributed by atoms with van der Waals surface area (Å²) in [5, 5.41) is 2.26. The number of hydrogen-bond donors (Lipinski definition) is 0. The van der Waals surface area contributed by atoms with Gasteiger partial charge in [-0.2, -0.15) is 0 Å². The quantitative estimate of drug-likeness (QED) is 0.696. The summed E-state index contributed by atoms with van der Waals surface area (Å²) in [6, 6.07) is 10.5. The van der Waals surface area contributed by atoms with Crippen LogP contribution >= 0.6 is 22.9 Å². The summed E-state index contributed by atoms with van der Waals surface area (Å²) in [5.41, 5.74) is 0. The second-order valence-electron chi connectivity index (χ2n) is 6.48. The molecule has 5 nitrogen and oxygen atoms in total. The number of ether oxygens (including phenoxy) is 3. The second-order valence-corrected chi connectivity index (χ2v) is 7.83. The number of hydrogen-bond acceptors (Lipinski definition) is 6. The highest BCUT2D eigenvalue weighted by Crippen LogP contribution is 2.36. The van der Waals surface area contributed by atoms with Crippen molar-refractivity contribution in [2.24, 2.45) is 5.92 Å². The highest BCUT2D eigenvalue weighted by atomic mass is 35.5. The fourth-order valence-corrected chi connectivity index (χ4v) is 4.14. The molecule has 1 aromatic heterocycles. The van der Waals surface area contributed by atoms with Gasteiger partial charge >= 0.3 is 5.97 Å². The Hall–Kier alpha value is -2.31. The maximum absolute atomic E-state index is 12.8. The third kappa shape index (κ3) is 3.87. The Morgan fingerprint density at radius 2 is 2.04 bits per heavy atom. The van der Waals surface area contributed by atoms with Crippen LogP contribution in [0.4, 0.5) is 0 Å². The molecule has 2 heterocycles. The van der Waals surface area contributed by atoms with E-state index >= 15 is 0 Å². The number of para-hydroxylation sites is 1. The van der Waals surface area contributed by atoms with Gasteiger partial charge in [-0.15, -0.1) is 11.3 Å². The minimum Gasteiger partial charge on any atom is -0.493 e. The normalized spacial score (nSPS) is 24.4. The molecule has 2 aliphatic rings. The van der Waals surface area contributed by atoms with Crippen LogP contribution in [0.2, 0.25) is 5.02 Å². The van der Waals surface area contributed by atoms with E-state index in [-0.39, 0.29) is 35.6 Å². The number of halogens is 1. The first-order chi connectivity index (χ1) is 13.1. The molecule has 7 heteroatoms. The number of thiophene rings is 1. The van der Waals surface area contributed by atoms with Crippen LogP contribution in [0, 0.1) is 5.92 Å². The fourth-order valence-electron chi connectivity index (χ4n) is 3.36. The summed E-state index contributed by atoms with van der Waals surface area (Å²) in [7, 11) is 0. The van der Waals surface area contributed by atoms with Crippen LogP contribution in [-0.4, -0.2) is 24.0 Å². The molecule has 0 N–H and O–H groups in total. The van der Waals surface area contributed by atoms with Gasteiger partial charge in [0.1, 0.15) is 29.1 Å². The van der Waals surface area contributed by atoms with E-state index in [2.05, 4.69) is 0 Å². The lowest BCUT2D eigenvalue weighted by molar-refractivity contribution is -0.132. The number of ketones is 1. The Morgan fingerprint density at radius 3 is 2.81 bits per heavy atom. The summed E-state index contributed by atoms with van der Waals surface area (Å²) in [6.07, 6.45) is 2.46. The van der Waals surface area contributed by atoms with Crippen molar-refractivity contribution in [2.45, 2.75) is 31.5 Å². The number of Topliss-reactive ketones (excluding diaryl/α,β-unsaturated/α-hetero) is 1. The van der Waals surface area contributed by atoms with Crippen LogP contribution in [0.15, 0.2) is 53.8 Å². The Kier molecular flexibility index (Phi) is 5.18. The predicted octanol–water partition coefficient (Wildman–Crippen LogP) is 4.62. The molecule has 1 saturated carbocycles. The molecule has 0 spiro atoms. The van der Waals surface area contributed by atoms with E-state index < -0.39 is 0 Å².